The van der Waals surface area contributed by atoms with Gasteiger partial charge in [-0.2, -0.15) is 0 Å². The first-order chi connectivity index (χ1) is 19.1. The molecule has 2 fully saturated rings. The Balaban J connectivity index is 1.18. The van der Waals surface area contributed by atoms with Crippen LogP contribution in [0.5, 0.6) is 5.75 Å². The molecule has 2 aromatic carbocycles. The minimum Gasteiger partial charge on any atom is -0.497 e. The fraction of sp³-hybridized carbons (Fsp3) is 0.355. The topological polar surface area (TPSA) is 83.1 Å². The molecule has 0 bridgehead atoms. The predicted octanol–water partition coefficient (Wildman–Crippen LogP) is 4.86. The Labute approximate surface area is 228 Å². The number of carbonyl (C=O) groups is 3. The number of piperidine rings is 2. The summed E-state index contributed by atoms with van der Waals surface area (Å²) in [5, 5.41) is 0. The van der Waals surface area contributed by atoms with Gasteiger partial charge in [-0.05, 0) is 80.1 Å². The molecular weight excluding hydrogens is 492 g/mol. The largest absolute Gasteiger partial charge is 0.497 e. The molecule has 0 radical (unpaired) electrons. The summed E-state index contributed by atoms with van der Waals surface area (Å²) in [6.45, 7) is 2.09. The highest BCUT2D eigenvalue weighted by Crippen LogP contribution is 2.38. The molecule has 3 aliphatic rings. The van der Waals surface area contributed by atoms with Crippen LogP contribution >= 0.6 is 0 Å². The van der Waals surface area contributed by atoms with Crippen LogP contribution in [0.3, 0.4) is 0 Å². The molecular formula is C31H32N4O4. The molecule has 1 atom stereocenters. The molecule has 4 heterocycles. The Morgan fingerprint density at radius 3 is 2.41 bits per heavy atom. The normalized spacial score (nSPS) is 19.8. The van der Waals surface area contributed by atoms with Gasteiger partial charge in [0.1, 0.15) is 5.75 Å². The monoisotopic (exact) mass is 524 g/mol. The number of methoxy groups -OCH3 is 1. The third kappa shape index (κ3) is 4.54. The summed E-state index contributed by atoms with van der Waals surface area (Å²) in [5.74, 6) is 0.187. The second-order valence-corrected chi connectivity index (χ2v) is 10.4. The van der Waals surface area contributed by atoms with E-state index in [0.717, 1.165) is 37.1 Å². The SMILES string of the molecule is COc1ccc(N2C(=O)c3cccc(N4CCC(C(=O)N5CCCCC5c5cccnc5)CC4)c3C2=O)cc1. The lowest BCUT2D eigenvalue weighted by Crippen LogP contribution is -2.46. The lowest BCUT2D eigenvalue weighted by atomic mass is 9.90. The molecule has 1 aromatic heterocycles. The van der Waals surface area contributed by atoms with Crippen molar-refractivity contribution < 1.29 is 19.1 Å². The number of ether oxygens (including phenoxy) is 1. The van der Waals surface area contributed by atoms with Crippen molar-refractivity contribution in [1.82, 2.24) is 9.88 Å². The summed E-state index contributed by atoms with van der Waals surface area (Å²) in [7, 11) is 1.58. The van der Waals surface area contributed by atoms with Crippen LogP contribution < -0.4 is 14.5 Å². The molecule has 2 saturated heterocycles. The van der Waals surface area contributed by atoms with E-state index in [0.29, 0.717) is 48.5 Å². The Bertz CT molecular complexity index is 1380. The summed E-state index contributed by atoms with van der Waals surface area (Å²) < 4.78 is 5.21. The van der Waals surface area contributed by atoms with Crippen LogP contribution in [0.2, 0.25) is 0 Å². The number of fused-ring (bicyclic) bond motifs is 1. The molecule has 6 rings (SSSR count). The van der Waals surface area contributed by atoms with Crippen molar-refractivity contribution >= 4 is 29.1 Å². The van der Waals surface area contributed by atoms with Crippen molar-refractivity contribution in [2.45, 2.75) is 38.1 Å². The van der Waals surface area contributed by atoms with Crippen LogP contribution in [0, 0.1) is 5.92 Å². The van der Waals surface area contributed by atoms with Gasteiger partial charge in [-0.15, -0.1) is 0 Å². The zero-order valence-corrected chi connectivity index (χ0v) is 22.1. The third-order valence-corrected chi connectivity index (χ3v) is 8.26. The number of rotatable bonds is 5. The Morgan fingerprint density at radius 1 is 0.897 bits per heavy atom. The van der Waals surface area contributed by atoms with Gasteiger partial charge in [0, 0.05) is 37.9 Å². The number of hydrogen-bond donors (Lipinski definition) is 0. The highest BCUT2D eigenvalue weighted by molar-refractivity contribution is 6.36. The number of nitrogens with zero attached hydrogens (tertiary/aromatic N) is 4. The third-order valence-electron chi connectivity index (χ3n) is 8.26. The minimum absolute atomic E-state index is 0.0524. The van der Waals surface area contributed by atoms with Crippen molar-refractivity contribution in [3.05, 3.63) is 83.7 Å². The molecule has 0 saturated carbocycles. The average Bonchev–Trinajstić information content (AvgIpc) is 3.26. The summed E-state index contributed by atoms with van der Waals surface area (Å²) in [5.41, 5.74) is 3.24. The maximum atomic E-state index is 13.7. The van der Waals surface area contributed by atoms with Crippen molar-refractivity contribution in [2.24, 2.45) is 5.92 Å². The molecule has 8 nitrogen and oxygen atoms in total. The van der Waals surface area contributed by atoms with E-state index in [1.165, 1.54) is 4.90 Å². The van der Waals surface area contributed by atoms with Gasteiger partial charge < -0.3 is 14.5 Å². The Hall–Kier alpha value is -4.20. The van der Waals surface area contributed by atoms with E-state index < -0.39 is 0 Å². The standard InChI is InChI=1S/C31H32N4O4/c1-39-24-12-10-23(11-13-24)35-30(37)25-7-4-9-27(28(25)31(35)38)33-18-14-21(15-19-33)29(36)34-17-3-2-8-26(34)22-6-5-16-32-20-22/h4-7,9-13,16,20-21,26H,2-3,8,14-15,17-19H2,1H3. The molecule has 3 amide bonds. The van der Waals surface area contributed by atoms with Gasteiger partial charge in [-0.25, -0.2) is 4.90 Å². The van der Waals surface area contributed by atoms with Crippen molar-refractivity contribution in [3.63, 3.8) is 0 Å². The van der Waals surface area contributed by atoms with E-state index >= 15 is 0 Å². The highest BCUT2D eigenvalue weighted by atomic mass is 16.5. The van der Waals surface area contributed by atoms with E-state index in [9.17, 15) is 14.4 Å². The first-order valence-electron chi connectivity index (χ1n) is 13.7. The summed E-state index contributed by atoms with van der Waals surface area (Å²) in [6, 6.07) is 16.5. The number of amides is 3. The molecule has 0 N–H and O–H groups in total. The molecule has 1 unspecified atom stereocenters. The van der Waals surface area contributed by atoms with Crippen molar-refractivity contribution in [1.29, 1.82) is 0 Å². The van der Waals surface area contributed by atoms with E-state index in [2.05, 4.69) is 20.9 Å². The van der Waals surface area contributed by atoms with Gasteiger partial charge in [0.25, 0.3) is 11.8 Å². The number of hydrogen-bond acceptors (Lipinski definition) is 6. The quantitative estimate of drug-likeness (QED) is 0.444. The van der Waals surface area contributed by atoms with Crippen LogP contribution in [-0.4, -0.2) is 54.3 Å². The summed E-state index contributed by atoms with van der Waals surface area (Å²) in [4.78, 5) is 50.2. The van der Waals surface area contributed by atoms with Crippen LogP contribution in [0.25, 0.3) is 0 Å². The summed E-state index contributed by atoms with van der Waals surface area (Å²) in [6.07, 6.45) is 8.17. The number of anilines is 2. The van der Waals surface area contributed by atoms with Crippen LogP contribution in [-0.2, 0) is 4.79 Å². The van der Waals surface area contributed by atoms with Gasteiger partial charge in [-0.1, -0.05) is 12.1 Å². The zero-order valence-electron chi connectivity index (χ0n) is 22.1. The maximum absolute atomic E-state index is 13.7. The van der Waals surface area contributed by atoms with Crippen LogP contribution in [0.4, 0.5) is 11.4 Å². The molecule has 0 spiro atoms. The van der Waals surface area contributed by atoms with E-state index in [1.54, 1.807) is 43.6 Å². The van der Waals surface area contributed by atoms with Crippen LogP contribution in [0.1, 0.15) is 64.4 Å². The van der Waals surface area contributed by atoms with Gasteiger partial charge in [0.2, 0.25) is 5.91 Å². The average molecular weight is 525 g/mol. The number of aromatic nitrogens is 1. The second-order valence-electron chi connectivity index (χ2n) is 10.4. The zero-order chi connectivity index (χ0) is 26.9. The highest BCUT2D eigenvalue weighted by Gasteiger charge is 2.41. The number of carbonyl (C=O) groups excluding carboxylic acids is 3. The number of likely N-dealkylation sites (tertiary alicyclic amines) is 1. The second kappa shape index (κ2) is 10.5. The molecule has 3 aromatic rings. The maximum Gasteiger partial charge on any atom is 0.268 e. The molecule has 200 valence electrons. The first kappa shape index (κ1) is 25.1. The van der Waals surface area contributed by atoms with Crippen molar-refractivity contribution in [2.75, 3.05) is 36.5 Å². The Kier molecular flexibility index (Phi) is 6.77. The van der Waals surface area contributed by atoms with Crippen molar-refractivity contribution in [3.8, 4) is 5.75 Å². The molecule has 3 aliphatic heterocycles. The predicted molar refractivity (Wildman–Crippen MR) is 148 cm³/mol. The Morgan fingerprint density at radius 2 is 1.69 bits per heavy atom. The minimum atomic E-state index is -0.321. The lowest BCUT2D eigenvalue weighted by Gasteiger charge is -2.40. The van der Waals surface area contributed by atoms with Gasteiger partial charge >= 0.3 is 0 Å². The number of pyridine rings is 1. The van der Waals surface area contributed by atoms with E-state index in [4.69, 9.17) is 4.74 Å². The van der Waals surface area contributed by atoms with Gasteiger partial charge in [0.15, 0.2) is 0 Å². The van der Waals surface area contributed by atoms with E-state index in [-0.39, 0.29) is 29.7 Å². The van der Waals surface area contributed by atoms with E-state index in [1.807, 2.05) is 24.4 Å². The van der Waals surface area contributed by atoms with Gasteiger partial charge in [-0.3, -0.25) is 19.4 Å². The van der Waals surface area contributed by atoms with Gasteiger partial charge in [0.05, 0.1) is 35.7 Å². The van der Waals surface area contributed by atoms with Crippen LogP contribution in [0.15, 0.2) is 67.0 Å². The number of benzene rings is 2. The summed E-state index contributed by atoms with van der Waals surface area (Å²) >= 11 is 0. The molecule has 8 heteroatoms. The lowest BCUT2D eigenvalue weighted by molar-refractivity contribution is -0.140. The first-order valence-corrected chi connectivity index (χ1v) is 13.7. The molecule has 0 aliphatic carbocycles. The fourth-order valence-corrected chi connectivity index (χ4v) is 6.21. The molecule has 39 heavy (non-hydrogen) atoms. The smallest absolute Gasteiger partial charge is 0.268 e. The fourth-order valence-electron chi connectivity index (χ4n) is 6.21. The number of imide groups is 1.